The molecule has 1 N–H and O–H groups in total. The summed E-state index contributed by atoms with van der Waals surface area (Å²) in [7, 11) is 3.64. The van der Waals surface area contributed by atoms with Crippen LogP contribution in [0.15, 0.2) is 0 Å². The van der Waals surface area contributed by atoms with Gasteiger partial charge in [0.15, 0.2) is 5.82 Å². The van der Waals surface area contributed by atoms with Crippen molar-refractivity contribution < 1.29 is 4.74 Å². The molecule has 0 aliphatic heterocycles. The van der Waals surface area contributed by atoms with E-state index >= 15 is 0 Å². The fourth-order valence-electron chi connectivity index (χ4n) is 1.71. The van der Waals surface area contributed by atoms with Gasteiger partial charge in [-0.2, -0.15) is 0 Å². The lowest BCUT2D eigenvalue weighted by molar-refractivity contribution is 0.0111. The van der Waals surface area contributed by atoms with Gasteiger partial charge in [-0.15, -0.1) is 0 Å². The Morgan fingerprint density at radius 2 is 1.71 bits per heavy atom. The van der Waals surface area contributed by atoms with Gasteiger partial charge in [0.1, 0.15) is 5.60 Å². The first kappa shape index (κ1) is 14.1. The molecule has 0 aliphatic carbocycles. The van der Waals surface area contributed by atoms with Gasteiger partial charge in [-0.3, -0.25) is 0 Å². The molecule has 0 amide bonds. The van der Waals surface area contributed by atoms with Crippen molar-refractivity contribution in [1.82, 2.24) is 15.3 Å². The predicted octanol–water partition coefficient (Wildman–Crippen LogP) is 1.74. The van der Waals surface area contributed by atoms with E-state index in [4.69, 9.17) is 4.74 Å². The molecule has 1 heterocycles. The molecule has 96 valence electrons. The van der Waals surface area contributed by atoms with E-state index in [2.05, 4.69) is 15.3 Å². The number of nitrogens with zero attached hydrogens (tertiary/aromatic N) is 2. The number of ether oxygens (including phenoxy) is 1. The van der Waals surface area contributed by atoms with Crippen molar-refractivity contribution in [1.29, 1.82) is 0 Å². The highest BCUT2D eigenvalue weighted by atomic mass is 16.5. The summed E-state index contributed by atoms with van der Waals surface area (Å²) in [5.41, 5.74) is 2.90. The Kier molecular flexibility index (Phi) is 4.60. The normalized spacial score (nSPS) is 11.9. The van der Waals surface area contributed by atoms with Gasteiger partial charge in [0.05, 0.1) is 0 Å². The third-order valence-corrected chi connectivity index (χ3v) is 3.09. The minimum atomic E-state index is -0.433. The van der Waals surface area contributed by atoms with Crippen molar-refractivity contribution in [3.8, 4) is 0 Å². The molecule has 0 aliphatic rings. The Labute approximate surface area is 104 Å². The SMILES string of the molecule is CNCCc1c(C)nc(C(C)(C)OC)nc1C. The first-order chi connectivity index (χ1) is 7.92. The van der Waals surface area contributed by atoms with Crippen molar-refractivity contribution in [3.05, 3.63) is 22.8 Å². The standard InChI is InChI=1S/C13H23N3O/c1-9-11(7-8-14-5)10(2)16-12(15-9)13(3,4)17-6/h14H,7-8H2,1-6H3. The number of nitrogens with one attached hydrogen (secondary N) is 1. The lowest BCUT2D eigenvalue weighted by Crippen LogP contribution is -2.25. The van der Waals surface area contributed by atoms with E-state index in [1.54, 1.807) is 7.11 Å². The van der Waals surface area contributed by atoms with Crippen molar-refractivity contribution in [2.75, 3.05) is 20.7 Å². The van der Waals surface area contributed by atoms with Crippen LogP contribution in [-0.4, -0.2) is 30.7 Å². The number of hydrogen-bond acceptors (Lipinski definition) is 4. The summed E-state index contributed by atoms with van der Waals surface area (Å²) in [4.78, 5) is 9.13. The fourth-order valence-corrected chi connectivity index (χ4v) is 1.71. The number of rotatable bonds is 5. The van der Waals surface area contributed by atoms with Crippen molar-refractivity contribution in [3.63, 3.8) is 0 Å². The molecule has 1 rings (SSSR count). The Bertz CT molecular complexity index is 365. The van der Waals surface area contributed by atoms with Gasteiger partial charge in [-0.1, -0.05) is 0 Å². The van der Waals surface area contributed by atoms with E-state index in [1.165, 1.54) is 5.56 Å². The first-order valence-corrected chi connectivity index (χ1v) is 5.96. The van der Waals surface area contributed by atoms with Crippen LogP contribution in [0.5, 0.6) is 0 Å². The van der Waals surface area contributed by atoms with Crippen LogP contribution in [-0.2, 0) is 16.8 Å². The topological polar surface area (TPSA) is 47.0 Å². The summed E-state index contributed by atoms with van der Waals surface area (Å²) in [5.74, 6) is 0.753. The molecule has 0 atom stereocenters. The molecule has 0 saturated carbocycles. The third-order valence-electron chi connectivity index (χ3n) is 3.09. The first-order valence-electron chi connectivity index (χ1n) is 5.96. The van der Waals surface area contributed by atoms with E-state index in [0.717, 1.165) is 30.2 Å². The maximum atomic E-state index is 5.42. The molecule has 0 aromatic carbocycles. The van der Waals surface area contributed by atoms with E-state index in [1.807, 2.05) is 34.7 Å². The quantitative estimate of drug-likeness (QED) is 0.847. The van der Waals surface area contributed by atoms with Gasteiger partial charge in [-0.25, -0.2) is 9.97 Å². The van der Waals surface area contributed by atoms with E-state index in [9.17, 15) is 0 Å². The van der Waals surface area contributed by atoms with Gasteiger partial charge in [0.2, 0.25) is 0 Å². The van der Waals surface area contributed by atoms with Gasteiger partial charge in [0, 0.05) is 18.5 Å². The number of likely N-dealkylation sites (N-methyl/N-ethyl adjacent to an activating group) is 1. The van der Waals surface area contributed by atoms with Crippen LogP contribution >= 0.6 is 0 Å². The minimum Gasteiger partial charge on any atom is -0.371 e. The van der Waals surface area contributed by atoms with Crippen LogP contribution in [0, 0.1) is 13.8 Å². The lowest BCUT2D eigenvalue weighted by Gasteiger charge is -2.23. The summed E-state index contributed by atoms with van der Waals surface area (Å²) >= 11 is 0. The van der Waals surface area contributed by atoms with Gasteiger partial charge >= 0.3 is 0 Å². The second kappa shape index (κ2) is 5.56. The summed E-state index contributed by atoms with van der Waals surface area (Å²) in [5, 5.41) is 3.15. The van der Waals surface area contributed by atoms with E-state index in [0.29, 0.717) is 0 Å². The van der Waals surface area contributed by atoms with Crippen LogP contribution in [0.4, 0.5) is 0 Å². The number of methoxy groups -OCH3 is 1. The zero-order valence-electron chi connectivity index (χ0n) is 11.7. The second-order valence-corrected chi connectivity index (χ2v) is 4.76. The summed E-state index contributed by atoms with van der Waals surface area (Å²) in [6.45, 7) is 8.98. The van der Waals surface area contributed by atoms with E-state index < -0.39 is 5.60 Å². The average molecular weight is 237 g/mol. The molecule has 1 aromatic heterocycles. The highest BCUT2D eigenvalue weighted by Gasteiger charge is 2.24. The van der Waals surface area contributed by atoms with E-state index in [-0.39, 0.29) is 0 Å². The third kappa shape index (κ3) is 3.23. The van der Waals surface area contributed by atoms with Crippen LogP contribution in [0.25, 0.3) is 0 Å². The molecule has 0 fully saturated rings. The fraction of sp³-hybridized carbons (Fsp3) is 0.692. The van der Waals surface area contributed by atoms with Crippen LogP contribution in [0.2, 0.25) is 0 Å². The van der Waals surface area contributed by atoms with Gasteiger partial charge in [-0.05, 0) is 53.3 Å². The predicted molar refractivity (Wildman–Crippen MR) is 69.2 cm³/mol. The Morgan fingerprint density at radius 3 is 2.12 bits per heavy atom. The molecule has 17 heavy (non-hydrogen) atoms. The molecule has 4 heteroatoms. The van der Waals surface area contributed by atoms with Crippen LogP contribution < -0.4 is 5.32 Å². The summed E-state index contributed by atoms with van der Waals surface area (Å²) in [6, 6.07) is 0. The zero-order chi connectivity index (χ0) is 13.1. The van der Waals surface area contributed by atoms with Crippen molar-refractivity contribution >= 4 is 0 Å². The van der Waals surface area contributed by atoms with Gasteiger partial charge < -0.3 is 10.1 Å². The monoisotopic (exact) mass is 237 g/mol. The maximum absolute atomic E-state index is 5.42. The molecular weight excluding hydrogens is 214 g/mol. The smallest absolute Gasteiger partial charge is 0.160 e. The van der Waals surface area contributed by atoms with Crippen LogP contribution in [0.1, 0.15) is 36.6 Å². The Balaban J connectivity index is 3.09. The van der Waals surface area contributed by atoms with Gasteiger partial charge in [0.25, 0.3) is 0 Å². The molecule has 4 nitrogen and oxygen atoms in total. The second-order valence-electron chi connectivity index (χ2n) is 4.76. The zero-order valence-corrected chi connectivity index (χ0v) is 11.7. The number of hydrogen-bond donors (Lipinski definition) is 1. The molecule has 0 saturated heterocycles. The minimum absolute atomic E-state index is 0.433. The largest absolute Gasteiger partial charge is 0.371 e. The molecule has 0 spiro atoms. The summed E-state index contributed by atoms with van der Waals surface area (Å²) in [6.07, 6.45) is 0.960. The highest BCUT2D eigenvalue weighted by molar-refractivity contribution is 5.25. The summed E-state index contributed by atoms with van der Waals surface area (Å²) < 4.78 is 5.42. The highest BCUT2D eigenvalue weighted by Crippen LogP contribution is 2.22. The van der Waals surface area contributed by atoms with Crippen LogP contribution in [0.3, 0.4) is 0 Å². The maximum Gasteiger partial charge on any atom is 0.160 e. The average Bonchev–Trinajstić information content (AvgIpc) is 2.28. The number of aromatic nitrogens is 2. The Hall–Kier alpha value is -1.00. The number of aryl methyl sites for hydroxylation is 2. The molecule has 1 aromatic rings. The Morgan fingerprint density at radius 1 is 1.18 bits per heavy atom. The molecular formula is C13H23N3O. The molecule has 0 radical (unpaired) electrons. The lowest BCUT2D eigenvalue weighted by atomic mass is 10.1. The molecule has 0 bridgehead atoms. The molecule has 0 unspecified atom stereocenters. The van der Waals surface area contributed by atoms with Crippen molar-refractivity contribution in [2.24, 2.45) is 0 Å². The van der Waals surface area contributed by atoms with Crippen molar-refractivity contribution in [2.45, 2.75) is 39.7 Å².